The first-order valence-corrected chi connectivity index (χ1v) is 6.73. The van der Waals surface area contributed by atoms with Crippen LogP contribution >= 0.6 is 0 Å². The molecule has 1 saturated heterocycles. The van der Waals surface area contributed by atoms with Crippen LogP contribution in [0.4, 0.5) is 19.3 Å². The molecule has 2 amide bonds. The van der Waals surface area contributed by atoms with Gasteiger partial charge in [-0.15, -0.1) is 0 Å². The lowest BCUT2D eigenvalue weighted by Gasteiger charge is -2.21. The molecule has 1 aromatic rings. The first-order valence-electron chi connectivity index (χ1n) is 6.73. The number of hydrogen-bond acceptors (Lipinski definition) is 2. The molecule has 110 valence electrons. The van der Waals surface area contributed by atoms with Crippen molar-refractivity contribution in [3.05, 3.63) is 29.8 Å². The Morgan fingerprint density at radius 2 is 2.25 bits per heavy atom. The van der Waals surface area contributed by atoms with E-state index < -0.39 is 17.7 Å². The molecule has 0 radical (unpaired) electrons. The van der Waals surface area contributed by atoms with E-state index >= 15 is 0 Å². The first-order chi connectivity index (χ1) is 9.66. The fraction of sp³-hybridized carbons (Fsp3) is 0.500. The topological polar surface area (TPSA) is 50.4 Å². The zero-order chi connectivity index (χ0) is 14.4. The van der Waals surface area contributed by atoms with Gasteiger partial charge in [0.15, 0.2) is 11.6 Å². The molecule has 1 atom stereocenters. The van der Waals surface area contributed by atoms with E-state index in [1.54, 1.807) is 0 Å². The van der Waals surface area contributed by atoms with Crippen molar-refractivity contribution in [3.8, 4) is 0 Å². The van der Waals surface area contributed by atoms with Crippen LogP contribution in [0.2, 0.25) is 0 Å². The number of ether oxygens (including phenoxy) is 1. The van der Waals surface area contributed by atoms with E-state index in [9.17, 15) is 13.6 Å². The molecule has 6 heteroatoms. The highest BCUT2D eigenvalue weighted by Crippen LogP contribution is 2.17. The molecule has 0 aromatic heterocycles. The van der Waals surface area contributed by atoms with Gasteiger partial charge in [-0.2, -0.15) is 0 Å². The van der Waals surface area contributed by atoms with Crippen LogP contribution in [0.5, 0.6) is 0 Å². The third kappa shape index (κ3) is 4.16. The van der Waals surface area contributed by atoms with Gasteiger partial charge >= 0.3 is 6.03 Å². The molecule has 1 aliphatic rings. The lowest BCUT2D eigenvalue weighted by atomic mass is 9.99. The van der Waals surface area contributed by atoms with Gasteiger partial charge in [-0.25, -0.2) is 13.6 Å². The minimum atomic E-state index is -1.05. The molecule has 2 N–H and O–H groups in total. The van der Waals surface area contributed by atoms with Crippen molar-refractivity contribution < 1.29 is 18.3 Å². The van der Waals surface area contributed by atoms with E-state index in [2.05, 4.69) is 10.6 Å². The molecular weight excluding hydrogens is 266 g/mol. The summed E-state index contributed by atoms with van der Waals surface area (Å²) in [5, 5.41) is 4.92. The van der Waals surface area contributed by atoms with Gasteiger partial charge in [-0.1, -0.05) is 6.07 Å². The van der Waals surface area contributed by atoms with Crippen LogP contribution in [0.15, 0.2) is 18.2 Å². The number of carbonyl (C=O) groups is 1. The molecule has 0 saturated carbocycles. The average Bonchev–Trinajstić information content (AvgIpc) is 2.45. The number of rotatable bonds is 4. The highest BCUT2D eigenvalue weighted by atomic mass is 19.2. The second kappa shape index (κ2) is 7.19. The van der Waals surface area contributed by atoms with Crippen LogP contribution in [0.3, 0.4) is 0 Å². The third-order valence-corrected chi connectivity index (χ3v) is 3.29. The summed E-state index contributed by atoms with van der Waals surface area (Å²) in [6.07, 6.45) is 2.96. The van der Waals surface area contributed by atoms with E-state index in [0.717, 1.165) is 38.5 Å². The Hall–Kier alpha value is -1.69. The maximum Gasteiger partial charge on any atom is 0.319 e. The normalized spacial score (nSPS) is 18.6. The fourth-order valence-corrected chi connectivity index (χ4v) is 2.19. The van der Waals surface area contributed by atoms with Crippen LogP contribution in [0.25, 0.3) is 0 Å². The van der Waals surface area contributed by atoms with Gasteiger partial charge in [0.25, 0.3) is 0 Å². The summed E-state index contributed by atoms with van der Waals surface area (Å²) in [6, 6.07) is 3.12. The van der Waals surface area contributed by atoms with Crippen molar-refractivity contribution in [1.29, 1.82) is 0 Å². The molecule has 0 aliphatic carbocycles. The standard InChI is InChI=1S/C14H18F2N2O2/c15-11-4-1-5-12(13(11)16)18-14(19)17-7-6-10-3-2-8-20-9-10/h1,4-5,10H,2-3,6-9H2,(H2,17,18,19)/t10-/m1/s1. The molecule has 0 unspecified atom stereocenters. The molecule has 1 fully saturated rings. The van der Waals surface area contributed by atoms with Gasteiger partial charge in [0.2, 0.25) is 0 Å². The van der Waals surface area contributed by atoms with Gasteiger partial charge in [-0.3, -0.25) is 0 Å². The van der Waals surface area contributed by atoms with E-state index in [1.165, 1.54) is 12.1 Å². The second-order valence-electron chi connectivity index (χ2n) is 4.85. The summed E-state index contributed by atoms with van der Waals surface area (Å²) in [5.41, 5.74) is -0.163. The van der Waals surface area contributed by atoms with Crippen LogP contribution in [-0.2, 0) is 4.74 Å². The Labute approximate surface area is 116 Å². The summed E-state index contributed by atoms with van der Waals surface area (Å²) in [5.74, 6) is -1.58. The maximum absolute atomic E-state index is 13.3. The molecule has 1 aliphatic heterocycles. The summed E-state index contributed by atoms with van der Waals surface area (Å²) in [4.78, 5) is 11.6. The molecule has 1 aromatic carbocycles. The second-order valence-corrected chi connectivity index (χ2v) is 4.85. The molecule has 4 nitrogen and oxygen atoms in total. The largest absolute Gasteiger partial charge is 0.381 e. The Morgan fingerprint density at radius 1 is 1.40 bits per heavy atom. The predicted molar refractivity (Wildman–Crippen MR) is 71.5 cm³/mol. The van der Waals surface area contributed by atoms with Gasteiger partial charge in [0, 0.05) is 19.8 Å². The molecule has 0 bridgehead atoms. The van der Waals surface area contributed by atoms with E-state index in [4.69, 9.17) is 4.74 Å². The highest BCUT2D eigenvalue weighted by molar-refractivity contribution is 5.89. The Kier molecular flexibility index (Phi) is 5.29. The minimum absolute atomic E-state index is 0.163. The number of hydrogen-bond donors (Lipinski definition) is 2. The van der Waals surface area contributed by atoms with Gasteiger partial charge in [-0.05, 0) is 37.3 Å². The van der Waals surface area contributed by atoms with Crippen LogP contribution in [0, 0.1) is 17.6 Å². The Balaban J connectivity index is 1.73. The number of benzene rings is 1. The number of urea groups is 1. The van der Waals surface area contributed by atoms with Crippen LogP contribution in [-0.4, -0.2) is 25.8 Å². The molecular formula is C14H18F2N2O2. The van der Waals surface area contributed by atoms with Gasteiger partial charge in [0.05, 0.1) is 5.69 Å². The number of halogens is 2. The quantitative estimate of drug-likeness (QED) is 0.893. The van der Waals surface area contributed by atoms with Crippen molar-refractivity contribution in [1.82, 2.24) is 5.32 Å². The molecule has 1 heterocycles. The maximum atomic E-state index is 13.3. The zero-order valence-electron chi connectivity index (χ0n) is 11.1. The predicted octanol–water partition coefficient (Wildman–Crippen LogP) is 2.90. The Bertz CT molecular complexity index is 462. The third-order valence-electron chi connectivity index (χ3n) is 3.29. The van der Waals surface area contributed by atoms with Crippen molar-refractivity contribution in [2.45, 2.75) is 19.3 Å². The van der Waals surface area contributed by atoms with Gasteiger partial charge in [0.1, 0.15) is 0 Å². The first kappa shape index (κ1) is 14.7. The van der Waals surface area contributed by atoms with E-state index in [1.807, 2.05) is 0 Å². The monoisotopic (exact) mass is 284 g/mol. The number of carbonyl (C=O) groups excluding carboxylic acids is 1. The molecule has 2 rings (SSSR count). The lowest BCUT2D eigenvalue weighted by molar-refractivity contribution is 0.0520. The number of amides is 2. The average molecular weight is 284 g/mol. The fourth-order valence-electron chi connectivity index (χ4n) is 2.19. The smallest absolute Gasteiger partial charge is 0.319 e. The van der Waals surface area contributed by atoms with Crippen molar-refractivity contribution in [2.24, 2.45) is 5.92 Å². The van der Waals surface area contributed by atoms with E-state index in [0.29, 0.717) is 12.5 Å². The molecule has 0 spiro atoms. The summed E-state index contributed by atoms with van der Waals surface area (Å²) in [7, 11) is 0. The number of anilines is 1. The van der Waals surface area contributed by atoms with Crippen molar-refractivity contribution in [2.75, 3.05) is 25.1 Å². The minimum Gasteiger partial charge on any atom is -0.381 e. The summed E-state index contributed by atoms with van der Waals surface area (Å²) < 4.78 is 31.6. The lowest BCUT2D eigenvalue weighted by Crippen LogP contribution is -2.32. The SMILES string of the molecule is O=C(NCC[C@H]1CCCOC1)Nc1cccc(F)c1F. The number of nitrogens with one attached hydrogen (secondary N) is 2. The van der Waals surface area contributed by atoms with Crippen molar-refractivity contribution in [3.63, 3.8) is 0 Å². The van der Waals surface area contributed by atoms with Crippen molar-refractivity contribution >= 4 is 11.7 Å². The zero-order valence-corrected chi connectivity index (χ0v) is 11.1. The summed E-state index contributed by atoms with van der Waals surface area (Å²) >= 11 is 0. The van der Waals surface area contributed by atoms with Gasteiger partial charge < -0.3 is 15.4 Å². The molecule has 20 heavy (non-hydrogen) atoms. The van der Waals surface area contributed by atoms with Crippen LogP contribution < -0.4 is 10.6 Å². The Morgan fingerprint density at radius 3 is 3.00 bits per heavy atom. The van der Waals surface area contributed by atoms with E-state index in [-0.39, 0.29) is 5.69 Å². The highest BCUT2D eigenvalue weighted by Gasteiger charge is 2.14. The van der Waals surface area contributed by atoms with Crippen LogP contribution in [0.1, 0.15) is 19.3 Å². The summed E-state index contributed by atoms with van der Waals surface area (Å²) in [6.45, 7) is 2.02.